The lowest BCUT2D eigenvalue weighted by atomic mass is 10.1. The van der Waals surface area contributed by atoms with Crippen molar-refractivity contribution >= 4 is 17.5 Å². The average molecular weight is 354 g/mol. The number of carbonyl (C=O) groups is 1. The number of rotatable bonds is 5. The van der Waals surface area contributed by atoms with E-state index in [1.165, 1.54) is 18.3 Å². The zero-order valence-electron chi connectivity index (χ0n) is 13.9. The van der Waals surface area contributed by atoms with Crippen LogP contribution in [0.25, 0.3) is 0 Å². The van der Waals surface area contributed by atoms with E-state index < -0.39 is 23.2 Å². The molecule has 0 radical (unpaired) electrons. The van der Waals surface area contributed by atoms with E-state index in [1.54, 1.807) is 0 Å². The average Bonchev–Trinajstić information content (AvgIpc) is 2.65. The number of nitrogens with zero attached hydrogens (tertiary/aromatic N) is 2. The number of amides is 1. The number of anilines is 2. The highest BCUT2D eigenvalue weighted by Crippen LogP contribution is 2.19. The number of para-hydroxylation sites is 1. The number of hydrogen-bond acceptors (Lipinski definition) is 4. The van der Waals surface area contributed by atoms with E-state index in [0.29, 0.717) is 0 Å². The highest BCUT2D eigenvalue weighted by atomic mass is 19.1. The monoisotopic (exact) mass is 354 g/mol. The third-order valence-electron chi connectivity index (χ3n) is 3.73. The quantitative estimate of drug-likeness (QED) is 0.721. The summed E-state index contributed by atoms with van der Waals surface area (Å²) in [4.78, 5) is 20.5. The van der Waals surface area contributed by atoms with Gasteiger partial charge in [-0.3, -0.25) is 4.79 Å². The molecule has 2 N–H and O–H groups in total. The Balaban J connectivity index is 1.75. The van der Waals surface area contributed by atoms with E-state index in [-0.39, 0.29) is 17.7 Å². The predicted molar refractivity (Wildman–Crippen MR) is 94.8 cm³/mol. The van der Waals surface area contributed by atoms with Gasteiger partial charge in [0.2, 0.25) is 5.95 Å². The molecule has 0 saturated carbocycles. The first-order valence-corrected chi connectivity index (χ1v) is 7.94. The Morgan fingerprint density at radius 2 is 1.69 bits per heavy atom. The van der Waals surface area contributed by atoms with Crippen LogP contribution in [-0.4, -0.2) is 15.9 Å². The normalized spacial score (nSPS) is 11.7. The zero-order chi connectivity index (χ0) is 18.5. The summed E-state index contributed by atoms with van der Waals surface area (Å²) in [6.07, 6.45) is 1.40. The van der Waals surface area contributed by atoms with Crippen LogP contribution in [0.2, 0.25) is 0 Å². The molecule has 0 fully saturated rings. The van der Waals surface area contributed by atoms with Crippen molar-refractivity contribution in [1.82, 2.24) is 9.97 Å². The molecule has 5 nitrogen and oxygen atoms in total. The molecular weight excluding hydrogens is 338 g/mol. The van der Waals surface area contributed by atoms with E-state index in [1.807, 2.05) is 37.3 Å². The van der Waals surface area contributed by atoms with Gasteiger partial charge < -0.3 is 10.6 Å². The highest BCUT2D eigenvalue weighted by molar-refractivity contribution is 6.03. The Labute approximate surface area is 149 Å². The topological polar surface area (TPSA) is 66.9 Å². The molecular formula is C19H16F2N4O. The first kappa shape index (κ1) is 17.5. The van der Waals surface area contributed by atoms with Gasteiger partial charge in [0.15, 0.2) is 0 Å². The molecule has 7 heteroatoms. The van der Waals surface area contributed by atoms with Crippen LogP contribution in [0.15, 0.2) is 60.8 Å². The first-order chi connectivity index (χ1) is 12.5. The summed E-state index contributed by atoms with van der Waals surface area (Å²) < 4.78 is 27.3. The van der Waals surface area contributed by atoms with Crippen molar-refractivity contribution in [1.29, 1.82) is 0 Å². The van der Waals surface area contributed by atoms with Gasteiger partial charge in [-0.05, 0) is 30.7 Å². The molecule has 0 bridgehead atoms. The van der Waals surface area contributed by atoms with Crippen LogP contribution in [0, 0.1) is 11.6 Å². The number of nitrogens with one attached hydrogen (secondary N) is 2. The van der Waals surface area contributed by atoms with Gasteiger partial charge >= 0.3 is 0 Å². The maximum atomic E-state index is 13.7. The first-order valence-electron chi connectivity index (χ1n) is 7.94. The number of hydrogen-bond donors (Lipinski definition) is 2. The van der Waals surface area contributed by atoms with Gasteiger partial charge in [0.1, 0.15) is 23.0 Å². The smallest absolute Gasteiger partial charge is 0.274 e. The molecule has 132 valence electrons. The van der Waals surface area contributed by atoms with Crippen LogP contribution >= 0.6 is 0 Å². The number of benzene rings is 2. The Kier molecular flexibility index (Phi) is 5.17. The van der Waals surface area contributed by atoms with Gasteiger partial charge in [-0.25, -0.2) is 18.7 Å². The molecule has 0 aliphatic rings. The highest BCUT2D eigenvalue weighted by Gasteiger charge is 2.15. The van der Waals surface area contributed by atoms with Crippen molar-refractivity contribution in [3.05, 3.63) is 83.7 Å². The summed E-state index contributed by atoms with van der Waals surface area (Å²) in [6, 6.07) is 14.3. The van der Waals surface area contributed by atoms with Gasteiger partial charge in [0, 0.05) is 6.20 Å². The van der Waals surface area contributed by atoms with Crippen LogP contribution in [0.1, 0.15) is 29.0 Å². The van der Waals surface area contributed by atoms with Crippen molar-refractivity contribution in [2.75, 3.05) is 10.6 Å². The molecule has 3 aromatic rings. The van der Waals surface area contributed by atoms with E-state index in [0.717, 1.165) is 17.7 Å². The van der Waals surface area contributed by atoms with Crippen LogP contribution in [0.5, 0.6) is 0 Å². The molecule has 1 heterocycles. The lowest BCUT2D eigenvalue weighted by Gasteiger charge is -2.14. The number of carbonyl (C=O) groups excluding carboxylic acids is 1. The molecule has 26 heavy (non-hydrogen) atoms. The van der Waals surface area contributed by atoms with E-state index in [2.05, 4.69) is 20.6 Å². The summed E-state index contributed by atoms with van der Waals surface area (Å²) in [7, 11) is 0. The summed E-state index contributed by atoms with van der Waals surface area (Å²) in [5.74, 6) is -2.21. The van der Waals surface area contributed by atoms with Crippen molar-refractivity contribution in [2.24, 2.45) is 0 Å². The second-order valence-corrected chi connectivity index (χ2v) is 5.59. The summed E-state index contributed by atoms with van der Waals surface area (Å²) in [5, 5.41) is 5.29. The minimum absolute atomic E-state index is 0.00888. The second kappa shape index (κ2) is 7.69. The molecule has 0 saturated heterocycles. The van der Waals surface area contributed by atoms with Gasteiger partial charge in [-0.15, -0.1) is 0 Å². The van der Waals surface area contributed by atoms with Crippen LogP contribution in [0.4, 0.5) is 20.4 Å². The molecule has 0 aliphatic heterocycles. The van der Waals surface area contributed by atoms with Crippen LogP contribution in [0.3, 0.4) is 0 Å². The molecule has 2 aromatic carbocycles. The molecule has 1 amide bonds. The van der Waals surface area contributed by atoms with E-state index in [9.17, 15) is 13.6 Å². The molecule has 3 rings (SSSR count). The van der Waals surface area contributed by atoms with E-state index >= 15 is 0 Å². The maximum Gasteiger partial charge on any atom is 0.274 e. The van der Waals surface area contributed by atoms with Crippen molar-refractivity contribution < 1.29 is 13.6 Å². The van der Waals surface area contributed by atoms with E-state index in [4.69, 9.17) is 0 Å². The fourth-order valence-electron chi connectivity index (χ4n) is 2.37. The third kappa shape index (κ3) is 4.00. The Bertz CT molecular complexity index is 898. The van der Waals surface area contributed by atoms with Gasteiger partial charge in [0.05, 0.1) is 6.04 Å². The van der Waals surface area contributed by atoms with Gasteiger partial charge in [0.25, 0.3) is 5.91 Å². The Morgan fingerprint density at radius 1 is 1.00 bits per heavy atom. The minimum atomic E-state index is -0.858. The maximum absolute atomic E-state index is 13.7. The third-order valence-corrected chi connectivity index (χ3v) is 3.73. The molecule has 0 aliphatic carbocycles. The SMILES string of the molecule is CC(Nc1nccc(C(=O)Nc2c(F)cccc2F)n1)c1ccccc1. The number of halogens is 2. The predicted octanol–water partition coefficient (Wildman–Crippen LogP) is 4.18. The van der Waals surface area contributed by atoms with Crippen LogP contribution < -0.4 is 10.6 Å². The van der Waals surface area contributed by atoms with Crippen molar-refractivity contribution in [3.63, 3.8) is 0 Å². The lowest BCUT2D eigenvalue weighted by molar-refractivity contribution is 0.102. The van der Waals surface area contributed by atoms with Gasteiger partial charge in [-0.1, -0.05) is 36.4 Å². The molecule has 1 atom stereocenters. The summed E-state index contributed by atoms with van der Waals surface area (Å²) >= 11 is 0. The van der Waals surface area contributed by atoms with Crippen molar-refractivity contribution in [3.8, 4) is 0 Å². The largest absolute Gasteiger partial charge is 0.348 e. The summed E-state index contributed by atoms with van der Waals surface area (Å²) in [6.45, 7) is 1.93. The Morgan fingerprint density at radius 3 is 2.38 bits per heavy atom. The molecule has 1 aromatic heterocycles. The number of aromatic nitrogens is 2. The van der Waals surface area contributed by atoms with Crippen LogP contribution in [-0.2, 0) is 0 Å². The minimum Gasteiger partial charge on any atom is -0.348 e. The zero-order valence-corrected chi connectivity index (χ0v) is 13.9. The van der Waals surface area contributed by atoms with Crippen molar-refractivity contribution in [2.45, 2.75) is 13.0 Å². The fourth-order valence-corrected chi connectivity index (χ4v) is 2.37. The molecule has 1 unspecified atom stereocenters. The second-order valence-electron chi connectivity index (χ2n) is 5.59. The van der Waals surface area contributed by atoms with Gasteiger partial charge in [-0.2, -0.15) is 0 Å². The lowest BCUT2D eigenvalue weighted by Crippen LogP contribution is -2.17. The molecule has 0 spiro atoms. The standard InChI is InChI=1S/C19H16F2N4O/c1-12(13-6-3-2-4-7-13)23-19-22-11-10-16(24-19)18(26)25-17-14(20)8-5-9-15(17)21/h2-12H,1H3,(H,25,26)(H,22,23,24). The summed E-state index contributed by atoms with van der Waals surface area (Å²) in [5.41, 5.74) is 0.507. The Hall–Kier alpha value is -3.35. The fraction of sp³-hybridized carbons (Fsp3) is 0.105.